The van der Waals surface area contributed by atoms with Gasteiger partial charge in [0.25, 0.3) is 0 Å². The molecule has 0 saturated heterocycles. The summed E-state index contributed by atoms with van der Waals surface area (Å²) < 4.78 is 6.71. The Balaban J connectivity index is 2.60. The molecule has 0 bridgehead atoms. The fourth-order valence-corrected chi connectivity index (χ4v) is 2.71. The highest BCUT2D eigenvalue weighted by Gasteiger charge is 2.18. The number of fused-ring (bicyclic) bond motifs is 1. The molecule has 0 atom stereocenters. The lowest BCUT2D eigenvalue weighted by atomic mass is 9.89. The highest BCUT2D eigenvalue weighted by molar-refractivity contribution is 7.28. The fourth-order valence-electron chi connectivity index (χ4n) is 1.69. The van der Waals surface area contributed by atoms with Crippen molar-refractivity contribution in [2.75, 3.05) is 0 Å². The minimum absolute atomic E-state index is 0.0163. The van der Waals surface area contributed by atoms with E-state index in [1.165, 1.54) is 11.3 Å². The van der Waals surface area contributed by atoms with Crippen molar-refractivity contribution in [2.24, 2.45) is 0 Å². The molecule has 2 aromatic rings. The van der Waals surface area contributed by atoms with Crippen molar-refractivity contribution >= 4 is 33.3 Å². The monoisotopic (exact) mass is 261 g/mol. The smallest absolute Gasteiger partial charge is 0.490 e. The summed E-state index contributed by atoms with van der Waals surface area (Å²) in [6, 6.07) is 7.34. The molecule has 0 amide bonds. The molecule has 0 radical (unpaired) electrons. The molecule has 4 nitrogen and oxygen atoms in total. The number of ether oxygens (including phenoxy) is 1. The van der Waals surface area contributed by atoms with E-state index < -0.39 is 7.12 Å². The van der Waals surface area contributed by atoms with Gasteiger partial charge in [-0.05, 0) is 37.4 Å². The maximum atomic E-state index is 9.23. The molecule has 0 aliphatic heterocycles. The first-order valence-electron chi connectivity index (χ1n) is 5.52. The van der Waals surface area contributed by atoms with Crippen molar-refractivity contribution < 1.29 is 14.8 Å². The summed E-state index contributed by atoms with van der Waals surface area (Å²) >= 11 is 1.20. The summed E-state index contributed by atoms with van der Waals surface area (Å²) in [4.78, 5) is 0. The zero-order chi connectivity index (χ0) is 13.3. The summed E-state index contributed by atoms with van der Waals surface area (Å²) in [6.07, 6.45) is -0.0163. The van der Waals surface area contributed by atoms with Gasteiger partial charge in [-0.2, -0.15) is 5.26 Å². The molecule has 0 fully saturated rings. The zero-order valence-corrected chi connectivity index (χ0v) is 10.9. The number of nitriles is 1. The number of benzene rings is 1. The van der Waals surface area contributed by atoms with Gasteiger partial charge in [-0.15, -0.1) is 11.3 Å². The van der Waals surface area contributed by atoms with E-state index in [4.69, 9.17) is 14.8 Å². The second kappa shape index (κ2) is 4.98. The lowest BCUT2D eigenvalue weighted by molar-refractivity contribution is 0.242. The van der Waals surface area contributed by atoms with Crippen molar-refractivity contribution in [3.63, 3.8) is 0 Å². The molecule has 18 heavy (non-hydrogen) atoms. The number of nitrogens with zero attached hydrogens (tertiary/aromatic N) is 1. The number of thiophene rings is 1. The van der Waals surface area contributed by atoms with Crippen molar-refractivity contribution in [1.29, 1.82) is 5.26 Å². The first kappa shape index (κ1) is 12.9. The largest absolute Gasteiger partial charge is 0.499 e. The molecule has 2 N–H and O–H groups in total. The maximum Gasteiger partial charge on any atom is 0.499 e. The van der Waals surface area contributed by atoms with Crippen molar-refractivity contribution in [3.05, 3.63) is 23.8 Å². The standard InChI is InChI=1S/C12H12BNO3S/c1-7(2)17-10-4-3-8-5-11(13(15)16)18-12(8)9(10)6-14/h3-5,7,15-16H,1-2H3. The van der Waals surface area contributed by atoms with Crippen LogP contribution in [0.3, 0.4) is 0 Å². The van der Waals surface area contributed by atoms with Gasteiger partial charge in [-0.25, -0.2) is 0 Å². The van der Waals surface area contributed by atoms with Gasteiger partial charge in [0.1, 0.15) is 17.4 Å². The Morgan fingerprint density at radius 1 is 1.39 bits per heavy atom. The summed E-state index contributed by atoms with van der Waals surface area (Å²) in [5.74, 6) is 0.529. The fraction of sp³-hybridized carbons (Fsp3) is 0.250. The molecule has 6 heteroatoms. The Labute approximate surface area is 109 Å². The Bertz CT molecular complexity index is 616. The molecule has 0 aliphatic carbocycles. The second-order valence-electron chi connectivity index (χ2n) is 4.16. The number of rotatable bonds is 3. The summed E-state index contributed by atoms with van der Waals surface area (Å²) in [5, 5.41) is 28.4. The van der Waals surface area contributed by atoms with Crippen LogP contribution in [0.5, 0.6) is 5.75 Å². The normalized spacial score (nSPS) is 10.7. The van der Waals surface area contributed by atoms with Crippen molar-refractivity contribution in [2.45, 2.75) is 20.0 Å². The molecule has 0 saturated carbocycles. The number of hydrogen-bond acceptors (Lipinski definition) is 5. The average molecular weight is 261 g/mol. The zero-order valence-electron chi connectivity index (χ0n) is 10.0. The molecule has 1 aromatic carbocycles. The quantitative estimate of drug-likeness (QED) is 0.815. The lowest BCUT2D eigenvalue weighted by Gasteiger charge is -2.11. The summed E-state index contributed by atoms with van der Waals surface area (Å²) in [7, 11) is -1.51. The molecule has 1 heterocycles. The minimum Gasteiger partial charge on any atom is -0.490 e. The van der Waals surface area contributed by atoms with Crippen molar-refractivity contribution in [1.82, 2.24) is 0 Å². The predicted molar refractivity (Wildman–Crippen MR) is 72.1 cm³/mol. The molecule has 0 unspecified atom stereocenters. The Morgan fingerprint density at radius 3 is 2.67 bits per heavy atom. The molecule has 1 aromatic heterocycles. The third-order valence-corrected chi connectivity index (χ3v) is 3.60. The van der Waals surface area contributed by atoms with E-state index in [1.807, 2.05) is 19.9 Å². The third kappa shape index (κ3) is 2.34. The van der Waals surface area contributed by atoms with E-state index in [2.05, 4.69) is 6.07 Å². The van der Waals surface area contributed by atoms with Crippen LogP contribution in [0.2, 0.25) is 0 Å². The number of hydrogen-bond donors (Lipinski definition) is 2. The van der Waals surface area contributed by atoms with Crippen LogP contribution >= 0.6 is 11.3 Å². The lowest BCUT2D eigenvalue weighted by Crippen LogP contribution is -2.26. The molecular formula is C12H12BNO3S. The maximum absolute atomic E-state index is 9.23. The van der Waals surface area contributed by atoms with Gasteiger partial charge in [-0.1, -0.05) is 0 Å². The van der Waals surface area contributed by atoms with Gasteiger partial charge in [0.15, 0.2) is 0 Å². The van der Waals surface area contributed by atoms with E-state index in [1.54, 1.807) is 12.1 Å². The van der Waals surface area contributed by atoms with Gasteiger partial charge >= 0.3 is 7.12 Å². The van der Waals surface area contributed by atoms with Crippen LogP contribution in [0.15, 0.2) is 18.2 Å². The Morgan fingerprint density at radius 2 is 2.11 bits per heavy atom. The van der Waals surface area contributed by atoms with Crippen LogP contribution in [-0.4, -0.2) is 23.3 Å². The van der Waals surface area contributed by atoms with E-state index in [9.17, 15) is 5.26 Å². The van der Waals surface area contributed by atoms with Gasteiger partial charge in [-0.3, -0.25) is 0 Å². The summed E-state index contributed by atoms with van der Waals surface area (Å²) in [5.41, 5.74) is 0.443. The van der Waals surface area contributed by atoms with E-state index in [-0.39, 0.29) is 6.10 Å². The first-order chi connectivity index (χ1) is 8.52. The Hall–Kier alpha value is -1.55. The molecule has 0 spiro atoms. The average Bonchev–Trinajstić information content (AvgIpc) is 2.72. The molecule has 92 valence electrons. The molecule has 2 rings (SSSR count). The van der Waals surface area contributed by atoms with E-state index >= 15 is 0 Å². The van der Waals surface area contributed by atoms with Gasteiger partial charge in [0, 0.05) is 4.78 Å². The minimum atomic E-state index is -1.51. The molecule has 0 aliphatic rings. The highest BCUT2D eigenvalue weighted by atomic mass is 32.1. The van der Waals surface area contributed by atoms with E-state index in [0.717, 1.165) is 10.1 Å². The first-order valence-corrected chi connectivity index (χ1v) is 6.34. The third-order valence-electron chi connectivity index (χ3n) is 2.40. The van der Waals surface area contributed by atoms with Crippen molar-refractivity contribution in [3.8, 4) is 11.8 Å². The highest BCUT2D eigenvalue weighted by Crippen LogP contribution is 2.31. The SMILES string of the molecule is CC(C)Oc1ccc2cc(B(O)O)sc2c1C#N. The Kier molecular flexibility index (Phi) is 3.57. The van der Waals surface area contributed by atoms with Gasteiger partial charge in [0.2, 0.25) is 0 Å². The van der Waals surface area contributed by atoms with Crippen LogP contribution in [0.1, 0.15) is 19.4 Å². The second-order valence-corrected chi connectivity index (χ2v) is 5.24. The van der Waals surface area contributed by atoms with E-state index in [0.29, 0.717) is 16.1 Å². The predicted octanol–water partition coefficient (Wildman–Crippen LogP) is 1.24. The molecular weight excluding hydrogens is 249 g/mol. The van der Waals surface area contributed by atoms with Crippen LogP contribution < -0.4 is 9.51 Å². The summed E-state index contributed by atoms with van der Waals surface area (Å²) in [6.45, 7) is 3.78. The van der Waals surface area contributed by atoms with Crippen LogP contribution in [0, 0.1) is 11.3 Å². The van der Waals surface area contributed by atoms with Crippen LogP contribution in [0.25, 0.3) is 10.1 Å². The topological polar surface area (TPSA) is 73.5 Å². The van der Waals surface area contributed by atoms with Gasteiger partial charge < -0.3 is 14.8 Å². The van der Waals surface area contributed by atoms with Crippen LogP contribution in [0.4, 0.5) is 0 Å². The van der Waals surface area contributed by atoms with Gasteiger partial charge in [0.05, 0.1) is 10.8 Å². The van der Waals surface area contributed by atoms with Crippen LogP contribution in [-0.2, 0) is 0 Å².